The molecule has 0 fully saturated rings. The number of methoxy groups -OCH3 is 1. The summed E-state index contributed by atoms with van der Waals surface area (Å²) in [5.74, 6) is -0.981. The van der Waals surface area contributed by atoms with Crippen molar-refractivity contribution in [3.05, 3.63) is 53.0 Å². The van der Waals surface area contributed by atoms with E-state index in [1.165, 1.54) is 32.5 Å². The molecule has 0 aliphatic carbocycles. The standard InChI is InChI=1S/C20H22F2N6O3/c1-11-6-15(30-3)19(22)14(18(11)21)10-31-13-8-24-20(25-9-13)26-17-7-12(28(2)27-17)4-5-16(23)29/h6-9H,4-5,10H2,1-3H3,(H2,23,29)(H,24,25,26,27). The topological polar surface area (TPSA) is 117 Å². The normalized spacial score (nSPS) is 10.7. The van der Waals surface area contributed by atoms with E-state index in [1.54, 1.807) is 17.8 Å². The van der Waals surface area contributed by atoms with Crippen molar-refractivity contribution in [3.8, 4) is 11.5 Å². The molecule has 0 bridgehead atoms. The van der Waals surface area contributed by atoms with Gasteiger partial charge in [-0.3, -0.25) is 9.48 Å². The quantitative estimate of drug-likeness (QED) is 0.534. The molecule has 0 aliphatic rings. The molecule has 2 aromatic heterocycles. The molecule has 0 saturated carbocycles. The van der Waals surface area contributed by atoms with Crippen molar-refractivity contribution in [2.45, 2.75) is 26.4 Å². The van der Waals surface area contributed by atoms with Crippen LogP contribution in [0.2, 0.25) is 0 Å². The summed E-state index contributed by atoms with van der Waals surface area (Å²) in [6.07, 6.45) is 3.42. The molecule has 3 N–H and O–H groups in total. The largest absolute Gasteiger partial charge is 0.494 e. The van der Waals surface area contributed by atoms with E-state index in [0.717, 1.165) is 5.69 Å². The van der Waals surface area contributed by atoms with E-state index in [2.05, 4.69) is 20.4 Å². The number of hydrogen-bond acceptors (Lipinski definition) is 7. The highest BCUT2D eigenvalue weighted by atomic mass is 19.1. The van der Waals surface area contributed by atoms with E-state index < -0.39 is 17.5 Å². The van der Waals surface area contributed by atoms with Gasteiger partial charge in [-0.15, -0.1) is 0 Å². The van der Waals surface area contributed by atoms with Crippen molar-refractivity contribution >= 4 is 17.7 Å². The first-order valence-electron chi connectivity index (χ1n) is 9.33. The SMILES string of the molecule is COc1cc(C)c(F)c(COc2cnc(Nc3cc(CCC(N)=O)n(C)n3)nc2)c1F. The Bertz CT molecular complexity index is 1090. The average molecular weight is 432 g/mol. The van der Waals surface area contributed by atoms with Crippen LogP contribution >= 0.6 is 0 Å². The molecule has 3 rings (SSSR count). The third-order valence-corrected chi connectivity index (χ3v) is 4.52. The number of benzene rings is 1. The van der Waals surface area contributed by atoms with Gasteiger partial charge in [0.05, 0.1) is 25.1 Å². The summed E-state index contributed by atoms with van der Waals surface area (Å²) in [4.78, 5) is 19.2. The Morgan fingerprint density at radius 3 is 2.58 bits per heavy atom. The van der Waals surface area contributed by atoms with Crippen molar-refractivity contribution in [1.82, 2.24) is 19.7 Å². The lowest BCUT2D eigenvalue weighted by Gasteiger charge is -2.12. The number of aromatic nitrogens is 4. The van der Waals surface area contributed by atoms with Crippen LogP contribution in [-0.2, 0) is 24.9 Å². The van der Waals surface area contributed by atoms with Gasteiger partial charge in [0.25, 0.3) is 0 Å². The van der Waals surface area contributed by atoms with E-state index in [1.807, 2.05) is 0 Å². The van der Waals surface area contributed by atoms with Gasteiger partial charge in [0.15, 0.2) is 23.1 Å². The van der Waals surface area contributed by atoms with Crippen molar-refractivity contribution in [2.24, 2.45) is 12.8 Å². The lowest BCUT2D eigenvalue weighted by atomic mass is 10.1. The summed E-state index contributed by atoms with van der Waals surface area (Å²) in [6, 6.07) is 3.04. The van der Waals surface area contributed by atoms with Crippen molar-refractivity contribution in [1.29, 1.82) is 0 Å². The molecule has 3 aromatic rings. The molecule has 11 heteroatoms. The van der Waals surface area contributed by atoms with E-state index in [-0.39, 0.29) is 41.6 Å². The van der Waals surface area contributed by atoms with Gasteiger partial charge < -0.3 is 20.5 Å². The van der Waals surface area contributed by atoms with E-state index in [9.17, 15) is 13.6 Å². The Labute approximate surface area is 177 Å². The number of nitrogens with one attached hydrogen (secondary N) is 1. The third kappa shape index (κ3) is 5.24. The molecule has 9 nitrogen and oxygen atoms in total. The van der Waals surface area contributed by atoms with Gasteiger partial charge in [0.2, 0.25) is 11.9 Å². The Morgan fingerprint density at radius 1 is 1.23 bits per heavy atom. The van der Waals surface area contributed by atoms with Gasteiger partial charge in [0, 0.05) is 25.2 Å². The molecule has 0 radical (unpaired) electrons. The summed E-state index contributed by atoms with van der Waals surface area (Å²) in [5, 5.41) is 7.21. The molecular formula is C20H22F2N6O3. The number of ether oxygens (including phenoxy) is 2. The molecule has 31 heavy (non-hydrogen) atoms. The number of hydrogen-bond donors (Lipinski definition) is 2. The molecule has 164 valence electrons. The number of halogens is 2. The maximum absolute atomic E-state index is 14.3. The Hall–Kier alpha value is -3.76. The summed E-state index contributed by atoms with van der Waals surface area (Å²) in [6.45, 7) is 1.16. The summed E-state index contributed by atoms with van der Waals surface area (Å²) in [5.41, 5.74) is 6.00. The van der Waals surface area contributed by atoms with E-state index in [4.69, 9.17) is 15.2 Å². The summed E-state index contributed by atoms with van der Waals surface area (Å²) < 4.78 is 40.6. The van der Waals surface area contributed by atoms with Gasteiger partial charge in [-0.2, -0.15) is 5.10 Å². The third-order valence-electron chi connectivity index (χ3n) is 4.52. The predicted octanol–water partition coefficient (Wildman–Crippen LogP) is 2.55. The molecule has 2 heterocycles. The minimum absolute atomic E-state index is 0.0566. The zero-order valence-corrected chi connectivity index (χ0v) is 17.3. The fourth-order valence-corrected chi connectivity index (χ4v) is 2.86. The Balaban J connectivity index is 1.65. The number of carbonyl (C=O) groups excluding carboxylic acids is 1. The minimum Gasteiger partial charge on any atom is -0.494 e. The maximum Gasteiger partial charge on any atom is 0.228 e. The molecule has 0 aliphatic heterocycles. The smallest absolute Gasteiger partial charge is 0.228 e. The first kappa shape index (κ1) is 21.9. The van der Waals surface area contributed by atoms with Crippen LogP contribution in [0.25, 0.3) is 0 Å². The Kier molecular flexibility index (Phi) is 6.63. The molecule has 0 atom stereocenters. The van der Waals surface area contributed by atoms with E-state index >= 15 is 0 Å². The van der Waals surface area contributed by atoms with Gasteiger partial charge in [-0.05, 0) is 25.0 Å². The zero-order chi connectivity index (χ0) is 22.5. The number of rotatable bonds is 9. The predicted molar refractivity (Wildman–Crippen MR) is 108 cm³/mol. The minimum atomic E-state index is -0.813. The molecule has 0 spiro atoms. The highest BCUT2D eigenvalue weighted by Crippen LogP contribution is 2.27. The maximum atomic E-state index is 14.3. The van der Waals surface area contributed by atoms with Crippen LogP contribution < -0.4 is 20.5 Å². The number of primary amides is 1. The lowest BCUT2D eigenvalue weighted by Crippen LogP contribution is -2.12. The second-order valence-corrected chi connectivity index (χ2v) is 6.77. The molecule has 0 unspecified atom stereocenters. The van der Waals surface area contributed by atoms with Crippen LogP contribution in [0, 0.1) is 18.6 Å². The van der Waals surface area contributed by atoms with Gasteiger partial charge in [-0.25, -0.2) is 18.7 Å². The highest BCUT2D eigenvalue weighted by molar-refractivity contribution is 5.74. The van der Waals surface area contributed by atoms with Crippen LogP contribution in [0.1, 0.15) is 23.2 Å². The fraction of sp³-hybridized carbons (Fsp3) is 0.300. The zero-order valence-electron chi connectivity index (χ0n) is 17.3. The molecule has 0 saturated heterocycles. The average Bonchev–Trinajstić information content (AvgIpc) is 3.09. The van der Waals surface area contributed by atoms with E-state index in [0.29, 0.717) is 12.2 Å². The number of nitrogens with two attached hydrogens (primary N) is 1. The number of nitrogens with zero attached hydrogens (tertiary/aromatic N) is 4. The Morgan fingerprint density at radius 2 is 1.94 bits per heavy atom. The van der Waals surface area contributed by atoms with Gasteiger partial charge in [0.1, 0.15) is 12.4 Å². The summed E-state index contributed by atoms with van der Waals surface area (Å²) in [7, 11) is 3.06. The molecule has 1 amide bonds. The number of aryl methyl sites for hydroxylation is 3. The van der Waals surface area contributed by atoms with Crippen LogP contribution in [0.5, 0.6) is 11.5 Å². The second-order valence-electron chi connectivity index (χ2n) is 6.77. The van der Waals surface area contributed by atoms with Crippen LogP contribution in [-0.4, -0.2) is 32.8 Å². The van der Waals surface area contributed by atoms with Crippen molar-refractivity contribution in [2.75, 3.05) is 12.4 Å². The second kappa shape index (κ2) is 9.37. The van der Waals surface area contributed by atoms with Crippen LogP contribution in [0.4, 0.5) is 20.5 Å². The van der Waals surface area contributed by atoms with Gasteiger partial charge >= 0.3 is 0 Å². The first-order valence-corrected chi connectivity index (χ1v) is 9.33. The monoisotopic (exact) mass is 432 g/mol. The molecule has 1 aromatic carbocycles. The van der Waals surface area contributed by atoms with Crippen LogP contribution in [0.3, 0.4) is 0 Å². The molecular weight excluding hydrogens is 410 g/mol. The number of anilines is 2. The number of carbonyl (C=O) groups is 1. The number of amides is 1. The first-order chi connectivity index (χ1) is 14.8. The lowest BCUT2D eigenvalue weighted by molar-refractivity contribution is -0.118. The van der Waals surface area contributed by atoms with Crippen molar-refractivity contribution < 1.29 is 23.0 Å². The summed E-state index contributed by atoms with van der Waals surface area (Å²) >= 11 is 0. The fourth-order valence-electron chi connectivity index (χ4n) is 2.86. The highest BCUT2D eigenvalue weighted by Gasteiger charge is 2.18. The van der Waals surface area contributed by atoms with Crippen LogP contribution in [0.15, 0.2) is 24.5 Å². The van der Waals surface area contributed by atoms with Crippen molar-refractivity contribution in [3.63, 3.8) is 0 Å². The van der Waals surface area contributed by atoms with Gasteiger partial charge in [-0.1, -0.05) is 0 Å².